The zero-order valence-corrected chi connectivity index (χ0v) is 14.6. The summed E-state index contributed by atoms with van der Waals surface area (Å²) in [4.78, 5) is 23.8. The number of carbonyl (C=O) groups excluding carboxylic acids is 2. The molecule has 1 N–H and O–H groups in total. The van der Waals surface area contributed by atoms with Crippen LogP contribution in [0.15, 0.2) is 47.1 Å². The molecule has 26 heavy (non-hydrogen) atoms. The molecule has 0 aliphatic heterocycles. The molecule has 3 rings (SSSR count). The second kappa shape index (κ2) is 7.58. The van der Waals surface area contributed by atoms with Gasteiger partial charge in [-0.05, 0) is 36.8 Å². The van der Waals surface area contributed by atoms with Crippen molar-refractivity contribution in [3.05, 3.63) is 64.6 Å². The van der Waals surface area contributed by atoms with Gasteiger partial charge in [0.05, 0.1) is 17.7 Å². The first-order chi connectivity index (χ1) is 12.4. The SMILES string of the molecule is Cc1ccc2c(CC(=O)OCC(=O)Nc3ccc(F)c(Cl)c3)coc2c1. The Bertz CT molecular complexity index is 983. The minimum absolute atomic E-state index is 0.00822. The van der Waals surface area contributed by atoms with Gasteiger partial charge in [-0.2, -0.15) is 0 Å². The first kappa shape index (κ1) is 17.9. The van der Waals surface area contributed by atoms with Crippen LogP contribution in [-0.4, -0.2) is 18.5 Å². The van der Waals surface area contributed by atoms with Gasteiger partial charge in [0.1, 0.15) is 11.4 Å². The van der Waals surface area contributed by atoms with E-state index in [1.165, 1.54) is 18.4 Å². The number of carbonyl (C=O) groups is 2. The van der Waals surface area contributed by atoms with Gasteiger partial charge in [0.2, 0.25) is 0 Å². The summed E-state index contributed by atoms with van der Waals surface area (Å²) in [6.07, 6.45) is 1.50. The van der Waals surface area contributed by atoms with Crippen LogP contribution in [0.25, 0.3) is 11.0 Å². The lowest BCUT2D eigenvalue weighted by Gasteiger charge is -2.07. The highest BCUT2D eigenvalue weighted by atomic mass is 35.5. The first-order valence-electron chi connectivity index (χ1n) is 7.79. The van der Waals surface area contributed by atoms with Crippen molar-refractivity contribution in [2.24, 2.45) is 0 Å². The Kier molecular flexibility index (Phi) is 5.23. The predicted octanol–water partition coefficient (Wildman–Crippen LogP) is 4.26. The molecule has 0 saturated carbocycles. The van der Waals surface area contributed by atoms with Crippen LogP contribution in [0.5, 0.6) is 0 Å². The van der Waals surface area contributed by atoms with E-state index in [2.05, 4.69) is 5.32 Å². The molecule has 0 fully saturated rings. The van der Waals surface area contributed by atoms with Crippen molar-refractivity contribution in [2.75, 3.05) is 11.9 Å². The second-order valence-electron chi connectivity index (χ2n) is 5.78. The number of halogens is 2. The number of hydrogen-bond donors (Lipinski definition) is 1. The molecule has 134 valence electrons. The quantitative estimate of drug-likeness (QED) is 0.676. The summed E-state index contributed by atoms with van der Waals surface area (Å²) in [6.45, 7) is 1.49. The van der Waals surface area contributed by atoms with E-state index in [4.69, 9.17) is 20.8 Å². The van der Waals surface area contributed by atoms with Gasteiger partial charge in [0.15, 0.2) is 6.61 Å². The van der Waals surface area contributed by atoms with Crippen LogP contribution in [0.4, 0.5) is 10.1 Å². The van der Waals surface area contributed by atoms with Crippen molar-refractivity contribution >= 4 is 40.1 Å². The van der Waals surface area contributed by atoms with E-state index < -0.39 is 24.3 Å². The summed E-state index contributed by atoms with van der Waals surface area (Å²) in [5.41, 5.74) is 2.75. The highest BCUT2D eigenvalue weighted by molar-refractivity contribution is 6.31. The van der Waals surface area contributed by atoms with Crippen molar-refractivity contribution in [1.82, 2.24) is 0 Å². The van der Waals surface area contributed by atoms with E-state index >= 15 is 0 Å². The number of benzene rings is 2. The van der Waals surface area contributed by atoms with E-state index in [0.29, 0.717) is 16.8 Å². The van der Waals surface area contributed by atoms with Crippen LogP contribution in [0.1, 0.15) is 11.1 Å². The standard InChI is InChI=1S/C19H15ClFNO4/c1-11-2-4-14-12(9-25-17(14)6-11)7-19(24)26-10-18(23)22-13-3-5-16(21)15(20)8-13/h2-6,8-9H,7,10H2,1H3,(H,22,23). The number of hydrogen-bond acceptors (Lipinski definition) is 4. The minimum Gasteiger partial charge on any atom is -0.464 e. The van der Waals surface area contributed by atoms with Crippen molar-refractivity contribution in [3.63, 3.8) is 0 Å². The summed E-state index contributed by atoms with van der Waals surface area (Å²) in [5, 5.41) is 3.20. The summed E-state index contributed by atoms with van der Waals surface area (Å²) in [5.74, 6) is -1.69. The fourth-order valence-electron chi connectivity index (χ4n) is 2.45. The number of rotatable bonds is 5. The molecule has 0 aliphatic carbocycles. The Morgan fingerprint density at radius 1 is 1.23 bits per heavy atom. The van der Waals surface area contributed by atoms with Crippen LogP contribution in [0.3, 0.4) is 0 Å². The summed E-state index contributed by atoms with van der Waals surface area (Å²) in [6, 6.07) is 9.45. The van der Waals surface area contributed by atoms with Gasteiger partial charge in [-0.15, -0.1) is 0 Å². The van der Waals surface area contributed by atoms with Crippen LogP contribution in [0, 0.1) is 12.7 Å². The molecular weight excluding hydrogens is 361 g/mol. The topological polar surface area (TPSA) is 68.5 Å². The fourth-order valence-corrected chi connectivity index (χ4v) is 2.63. The van der Waals surface area contributed by atoms with E-state index in [0.717, 1.165) is 17.0 Å². The van der Waals surface area contributed by atoms with Crippen molar-refractivity contribution < 1.29 is 23.1 Å². The van der Waals surface area contributed by atoms with Crippen molar-refractivity contribution in [1.29, 1.82) is 0 Å². The van der Waals surface area contributed by atoms with Crippen molar-refractivity contribution in [3.8, 4) is 0 Å². The number of furan rings is 1. The Labute approximate surface area is 153 Å². The van der Waals surface area contributed by atoms with Gasteiger partial charge >= 0.3 is 5.97 Å². The van der Waals surface area contributed by atoms with Crippen LogP contribution >= 0.6 is 11.6 Å². The van der Waals surface area contributed by atoms with Crippen LogP contribution in [-0.2, 0) is 20.7 Å². The zero-order chi connectivity index (χ0) is 18.7. The highest BCUT2D eigenvalue weighted by Crippen LogP contribution is 2.23. The Morgan fingerprint density at radius 2 is 2.04 bits per heavy atom. The molecule has 0 unspecified atom stereocenters. The molecule has 0 aliphatic rings. The molecular formula is C19H15ClFNO4. The molecule has 0 saturated heterocycles. The molecule has 3 aromatic rings. The lowest BCUT2D eigenvalue weighted by Crippen LogP contribution is -2.21. The molecule has 5 nitrogen and oxygen atoms in total. The third-order valence-corrected chi connectivity index (χ3v) is 4.00. The number of anilines is 1. The molecule has 1 heterocycles. The van der Waals surface area contributed by atoms with Gasteiger partial charge in [-0.25, -0.2) is 4.39 Å². The molecule has 0 atom stereocenters. The molecule has 0 bridgehead atoms. The fraction of sp³-hybridized carbons (Fsp3) is 0.158. The predicted molar refractivity (Wildman–Crippen MR) is 95.7 cm³/mol. The number of aryl methyl sites for hydroxylation is 1. The number of fused-ring (bicyclic) bond motifs is 1. The molecule has 7 heteroatoms. The van der Waals surface area contributed by atoms with E-state index in [-0.39, 0.29) is 11.4 Å². The van der Waals surface area contributed by atoms with Gasteiger partial charge in [-0.1, -0.05) is 23.7 Å². The second-order valence-corrected chi connectivity index (χ2v) is 6.18. The normalized spacial score (nSPS) is 10.7. The summed E-state index contributed by atoms with van der Waals surface area (Å²) in [7, 11) is 0. The number of ether oxygens (including phenoxy) is 1. The summed E-state index contributed by atoms with van der Waals surface area (Å²) >= 11 is 5.64. The molecule has 1 aromatic heterocycles. The van der Waals surface area contributed by atoms with E-state index in [1.54, 1.807) is 0 Å². The highest BCUT2D eigenvalue weighted by Gasteiger charge is 2.13. The maximum Gasteiger partial charge on any atom is 0.310 e. The van der Waals surface area contributed by atoms with Gasteiger partial charge < -0.3 is 14.5 Å². The molecule has 1 amide bonds. The smallest absolute Gasteiger partial charge is 0.310 e. The van der Waals surface area contributed by atoms with Crippen molar-refractivity contribution in [2.45, 2.75) is 13.3 Å². The lowest BCUT2D eigenvalue weighted by molar-refractivity contribution is -0.146. The average Bonchev–Trinajstić information content (AvgIpc) is 2.98. The van der Waals surface area contributed by atoms with Gasteiger partial charge in [0, 0.05) is 16.6 Å². The van der Waals surface area contributed by atoms with Crippen LogP contribution < -0.4 is 5.32 Å². The number of esters is 1. The number of nitrogens with one attached hydrogen (secondary N) is 1. The Balaban J connectivity index is 1.54. The molecule has 0 radical (unpaired) electrons. The summed E-state index contributed by atoms with van der Waals surface area (Å²) < 4.78 is 23.5. The zero-order valence-electron chi connectivity index (χ0n) is 13.8. The van der Waals surface area contributed by atoms with Crippen LogP contribution in [0.2, 0.25) is 5.02 Å². The van der Waals surface area contributed by atoms with Gasteiger partial charge in [0.25, 0.3) is 5.91 Å². The third-order valence-electron chi connectivity index (χ3n) is 3.71. The van der Waals surface area contributed by atoms with E-state index in [9.17, 15) is 14.0 Å². The average molecular weight is 376 g/mol. The maximum atomic E-state index is 13.1. The largest absolute Gasteiger partial charge is 0.464 e. The third kappa shape index (κ3) is 4.21. The molecule has 2 aromatic carbocycles. The first-order valence-corrected chi connectivity index (χ1v) is 8.17. The number of amides is 1. The van der Waals surface area contributed by atoms with E-state index in [1.807, 2.05) is 25.1 Å². The molecule has 0 spiro atoms. The van der Waals surface area contributed by atoms with Gasteiger partial charge in [-0.3, -0.25) is 9.59 Å². The monoisotopic (exact) mass is 375 g/mol. The minimum atomic E-state index is -0.585. The lowest BCUT2D eigenvalue weighted by atomic mass is 10.1. The Morgan fingerprint density at radius 3 is 2.81 bits per heavy atom. The maximum absolute atomic E-state index is 13.1. The Hall–Kier alpha value is -2.86.